The lowest BCUT2D eigenvalue weighted by Gasteiger charge is -2.29. The Balaban J connectivity index is 1.65. The van der Waals surface area contributed by atoms with Crippen LogP contribution in [0.5, 0.6) is 0 Å². The third kappa shape index (κ3) is 2.27. The highest BCUT2D eigenvalue weighted by Gasteiger charge is 2.60. The molecule has 1 aromatic rings. The van der Waals surface area contributed by atoms with Gasteiger partial charge in [-0.25, -0.2) is 4.98 Å². The summed E-state index contributed by atoms with van der Waals surface area (Å²) in [5.74, 6) is -1.51. The van der Waals surface area contributed by atoms with Crippen LogP contribution in [0.4, 0.5) is 19.0 Å². The normalized spacial score (nSPS) is 30.4. The number of pyridine rings is 1. The van der Waals surface area contributed by atoms with Crippen LogP contribution in [0.15, 0.2) is 24.4 Å². The van der Waals surface area contributed by atoms with Crippen molar-refractivity contribution in [2.24, 2.45) is 23.7 Å². The number of amides is 2. The summed E-state index contributed by atoms with van der Waals surface area (Å²) in [6.07, 6.45) is 0.779. The number of hydrogen-bond donors (Lipinski definition) is 0. The maximum absolute atomic E-state index is 12.7. The second kappa shape index (κ2) is 5.20. The number of rotatable bonds is 2. The number of aromatic nitrogens is 1. The number of hydrazine groups is 1. The molecular weight excluding hydrogens is 359 g/mol. The van der Waals surface area contributed by atoms with Crippen LogP contribution in [0.3, 0.4) is 0 Å². The standard InChI is InChI=1S/C16H13ClF3N3O2/c1-22(13-10(17)5-9(6-21-13)16(18,19)20)23-14(24)11-7-2-3-8(4-7)12(11)15(23)25/h2-3,5-8,11-12H,4H2,1H3. The molecular formula is C16H13ClF3N3O2. The fraction of sp³-hybridized carbons (Fsp3) is 0.438. The van der Waals surface area contributed by atoms with Crippen molar-refractivity contribution in [1.29, 1.82) is 0 Å². The van der Waals surface area contributed by atoms with E-state index in [0.717, 1.165) is 22.5 Å². The molecule has 25 heavy (non-hydrogen) atoms. The van der Waals surface area contributed by atoms with Gasteiger partial charge in [-0.15, -0.1) is 0 Å². The van der Waals surface area contributed by atoms with Gasteiger partial charge in [-0.1, -0.05) is 23.8 Å². The average Bonchev–Trinajstić information content (AvgIpc) is 3.20. The van der Waals surface area contributed by atoms with Crippen molar-refractivity contribution in [3.8, 4) is 0 Å². The van der Waals surface area contributed by atoms with Crippen LogP contribution in [-0.4, -0.2) is 28.9 Å². The van der Waals surface area contributed by atoms with Gasteiger partial charge >= 0.3 is 6.18 Å². The van der Waals surface area contributed by atoms with Gasteiger partial charge < -0.3 is 0 Å². The summed E-state index contributed by atoms with van der Waals surface area (Å²) in [5, 5.41) is 1.82. The molecule has 132 valence electrons. The molecule has 4 atom stereocenters. The number of alkyl halides is 3. The third-order valence-electron chi connectivity index (χ3n) is 5.20. The van der Waals surface area contributed by atoms with Crippen molar-refractivity contribution in [3.63, 3.8) is 0 Å². The average molecular weight is 372 g/mol. The predicted octanol–water partition coefficient (Wildman–Crippen LogP) is 2.91. The Labute approximate surface area is 146 Å². The van der Waals surface area contributed by atoms with Gasteiger partial charge in [-0.3, -0.25) is 14.6 Å². The zero-order valence-corrected chi connectivity index (χ0v) is 13.8. The molecule has 2 bridgehead atoms. The van der Waals surface area contributed by atoms with Crippen molar-refractivity contribution in [2.45, 2.75) is 12.6 Å². The Morgan fingerprint density at radius 1 is 1.20 bits per heavy atom. The molecule has 1 saturated heterocycles. The number of allylic oxidation sites excluding steroid dienone is 2. The molecule has 1 aromatic heterocycles. The van der Waals surface area contributed by atoms with Gasteiger partial charge in [-0.2, -0.15) is 18.2 Å². The van der Waals surface area contributed by atoms with E-state index in [1.807, 2.05) is 12.2 Å². The van der Waals surface area contributed by atoms with Crippen LogP contribution in [0.2, 0.25) is 5.02 Å². The van der Waals surface area contributed by atoms with E-state index in [1.165, 1.54) is 7.05 Å². The first-order valence-electron chi connectivity index (χ1n) is 7.72. The minimum atomic E-state index is -4.57. The Morgan fingerprint density at radius 3 is 2.24 bits per heavy atom. The van der Waals surface area contributed by atoms with E-state index in [2.05, 4.69) is 4.98 Å². The molecule has 2 heterocycles. The summed E-state index contributed by atoms with van der Waals surface area (Å²) in [6, 6.07) is 0.734. The van der Waals surface area contributed by atoms with Gasteiger partial charge in [0.1, 0.15) is 0 Å². The Kier molecular flexibility index (Phi) is 3.41. The molecule has 1 saturated carbocycles. The van der Waals surface area contributed by atoms with Crippen LogP contribution in [0, 0.1) is 23.7 Å². The lowest BCUT2D eigenvalue weighted by molar-refractivity contribution is -0.141. The highest BCUT2D eigenvalue weighted by molar-refractivity contribution is 6.33. The maximum Gasteiger partial charge on any atom is 0.417 e. The number of anilines is 1. The minimum absolute atomic E-state index is 0.0425. The number of nitrogens with zero attached hydrogens (tertiary/aromatic N) is 3. The van der Waals surface area contributed by atoms with Crippen molar-refractivity contribution in [3.05, 3.63) is 35.0 Å². The van der Waals surface area contributed by atoms with Crippen molar-refractivity contribution >= 4 is 29.2 Å². The highest BCUT2D eigenvalue weighted by Crippen LogP contribution is 2.53. The quantitative estimate of drug-likeness (QED) is 0.592. The zero-order chi connectivity index (χ0) is 18.1. The molecule has 0 aromatic carbocycles. The number of imide groups is 1. The second-order valence-corrected chi connectivity index (χ2v) is 6.95. The van der Waals surface area contributed by atoms with E-state index in [9.17, 15) is 22.8 Å². The lowest BCUT2D eigenvalue weighted by atomic mass is 9.85. The fourth-order valence-corrected chi connectivity index (χ4v) is 4.39. The largest absolute Gasteiger partial charge is 0.417 e. The first-order valence-corrected chi connectivity index (χ1v) is 8.10. The van der Waals surface area contributed by atoms with Gasteiger partial charge in [0, 0.05) is 13.2 Å². The van der Waals surface area contributed by atoms with Gasteiger partial charge in [-0.05, 0) is 24.3 Å². The SMILES string of the molecule is CN(c1ncc(C(F)(F)F)cc1Cl)N1C(=O)C2C3C=CC(C3)C2C1=O. The first-order chi connectivity index (χ1) is 11.7. The Bertz CT molecular complexity index is 780. The van der Waals surface area contributed by atoms with Crippen LogP contribution < -0.4 is 5.01 Å². The van der Waals surface area contributed by atoms with Gasteiger partial charge in [0.2, 0.25) is 0 Å². The number of fused-ring (bicyclic) bond motifs is 5. The summed E-state index contributed by atoms with van der Waals surface area (Å²) >= 11 is 5.93. The van der Waals surface area contributed by atoms with Crippen molar-refractivity contribution < 1.29 is 22.8 Å². The Morgan fingerprint density at radius 2 is 1.76 bits per heavy atom. The maximum atomic E-state index is 12.7. The van der Waals surface area contributed by atoms with E-state index in [-0.39, 0.29) is 34.5 Å². The monoisotopic (exact) mass is 371 g/mol. The molecule has 0 N–H and O–H groups in total. The second-order valence-electron chi connectivity index (χ2n) is 6.54. The van der Waals surface area contributed by atoms with E-state index in [1.54, 1.807) is 0 Å². The molecule has 5 nitrogen and oxygen atoms in total. The fourth-order valence-electron chi connectivity index (χ4n) is 4.10. The molecule has 4 rings (SSSR count). The lowest BCUT2D eigenvalue weighted by Crippen LogP contribution is -2.46. The van der Waals surface area contributed by atoms with E-state index < -0.39 is 23.6 Å². The van der Waals surface area contributed by atoms with E-state index >= 15 is 0 Å². The molecule has 2 aliphatic carbocycles. The number of carbonyl (C=O) groups is 2. The van der Waals surface area contributed by atoms with Crippen LogP contribution in [0.1, 0.15) is 12.0 Å². The topological polar surface area (TPSA) is 53.5 Å². The van der Waals surface area contributed by atoms with Gasteiger partial charge in [0.05, 0.1) is 22.4 Å². The van der Waals surface area contributed by atoms with Crippen molar-refractivity contribution in [1.82, 2.24) is 9.99 Å². The highest BCUT2D eigenvalue weighted by atomic mass is 35.5. The summed E-state index contributed by atoms with van der Waals surface area (Å²) < 4.78 is 38.2. The first kappa shape index (κ1) is 16.4. The summed E-state index contributed by atoms with van der Waals surface area (Å²) in [5.41, 5.74) is -0.993. The van der Waals surface area contributed by atoms with E-state index in [4.69, 9.17) is 11.6 Å². The van der Waals surface area contributed by atoms with Gasteiger partial charge in [0.25, 0.3) is 11.8 Å². The molecule has 2 amide bonds. The molecule has 3 aliphatic rings. The van der Waals surface area contributed by atoms with E-state index in [0.29, 0.717) is 6.20 Å². The number of carbonyl (C=O) groups excluding carboxylic acids is 2. The summed E-state index contributed by atoms with van der Waals surface area (Å²) in [4.78, 5) is 29.2. The Hall–Kier alpha value is -2.09. The number of hydrogen-bond acceptors (Lipinski definition) is 4. The minimum Gasteiger partial charge on any atom is -0.272 e. The predicted molar refractivity (Wildman–Crippen MR) is 82.2 cm³/mol. The van der Waals surface area contributed by atoms with Crippen LogP contribution in [0.25, 0.3) is 0 Å². The third-order valence-corrected chi connectivity index (χ3v) is 5.48. The molecule has 9 heteroatoms. The molecule has 0 spiro atoms. The molecule has 4 unspecified atom stereocenters. The van der Waals surface area contributed by atoms with Crippen LogP contribution in [-0.2, 0) is 15.8 Å². The summed E-state index contributed by atoms with van der Waals surface area (Å²) in [7, 11) is 1.40. The zero-order valence-electron chi connectivity index (χ0n) is 13.0. The van der Waals surface area contributed by atoms with Crippen molar-refractivity contribution in [2.75, 3.05) is 12.1 Å². The van der Waals surface area contributed by atoms with Crippen LogP contribution >= 0.6 is 11.6 Å². The number of halogens is 4. The molecule has 2 fully saturated rings. The van der Waals surface area contributed by atoms with Gasteiger partial charge in [0.15, 0.2) is 5.82 Å². The smallest absolute Gasteiger partial charge is 0.272 e. The molecule has 1 aliphatic heterocycles. The molecule has 0 radical (unpaired) electrons. The summed E-state index contributed by atoms with van der Waals surface area (Å²) in [6.45, 7) is 0.